The van der Waals surface area contributed by atoms with E-state index in [0.29, 0.717) is 21.6 Å². The second-order valence-corrected chi connectivity index (χ2v) is 4.68. The molecule has 5 heteroatoms. The van der Waals surface area contributed by atoms with Crippen LogP contribution in [0.15, 0.2) is 23.6 Å². The molecular weight excluding hydrogens is 251 g/mol. The predicted molar refractivity (Wildman–Crippen MR) is 68.0 cm³/mol. The standard InChI is InChI=1S/C13H9FN2OS/c1-7-4-8(2-3-10(7)14)12(17)13-11(16)9(5-15)6-18-13/h2-4,6H,16H2,1H3. The monoisotopic (exact) mass is 260 g/mol. The van der Waals surface area contributed by atoms with E-state index in [0.717, 1.165) is 11.3 Å². The molecule has 0 radical (unpaired) electrons. The van der Waals surface area contributed by atoms with Gasteiger partial charge >= 0.3 is 0 Å². The van der Waals surface area contributed by atoms with Gasteiger partial charge in [-0.2, -0.15) is 5.26 Å². The summed E-state index contributed by atoms with van der Waals surface area (Å²) in [6, 6.07) is 6.05. The second kappa shape index (κ2) is 4.59. The van der Waals surface area contributed by atoms with Gasteiger partial charge in [-0.25, -0.2) is 4.39 Å². The van der Waals surface area contributed by atoms with Crippen LogP contribution in [-0.4, -0.2) is 5.78 Å². The van der Waals surface area contributed by atoms with Gasteiger partial charge < -0.3 is 5.73 Å². The van der Waals surface area contributed by atoms with Crippen molar-refractivity contribution in [3.05, 3.63) is 51.0 Å². The first-order chi connectivity index (χ1) is 8.54. The van der Waals surface area contributed by atoms with Crippen molar-refractivity contribution in [2.75, 3.05) is 5.73 Å². The maximum atomic E-state index is 13.1. The van der Waals surface area contributed by atoms with Crippen molar-refractivity contribution in [1.29, 1.82) is 5.26 Å². The number of thiophene rings is 1. The van der Waals surface area contributed by atoms with Crippen molar-refractivity contribution in [2.24, 2.45) is 0 Å². The number of nitrogens with zero attached hydrogens (tertiary/aromatic N) is 1. The number of carbonyl (C=O) groups is 1. The number of nitrogen functional groups attached to an aromatic ring is 1. The molecule has 0 bridgehead atoms. The molecule has 3 nitrogen and oxygen atoms in total. The number of nitrogens with two attached hydrogens (primary N) is 1. The van der Waals surface area contributed by atoms with Crippen molar-refractivity contribution in [3.63, 3.8) is 0 Å². The highest BCUT2D eigenvalue weighted by atomic mass is 32.1. The Morgan fingerprint density at radius 1 is 1.50 bits per heavy atom. The van der Waals surface area contributed by atoms with Gasteiger partial charge in [0.05, 0.1) is 16.1 Å². The number of aryl methyl sites for hydroxylation is 1. The minimum atomic E-state index is -0.358. The van der Waals surface area contributed by atoms with E-state index in [2.05, 4.69) is 0 Å². The van der Waals surface area contributed by atoms with Crippen LogP contribution in [0.5, 0.6) is 0 Å². The molecule has 0 fully saturated rings. The summed E-state index contributed by atoms with van der Waals surface area (Å²) in [4.78, 5) is 12.5. The molecule has 0 spiro atoms. The summed E-state index contributed by atoms with van der Waals surface area (Å²) < 4.78 is 13.1. The highest BCUT2D eigenvalue weighted by Gasteiger charge is 2.17. The second-order valence-electron chi connectivity index (χ2n) is 3.80. The zero-order valence-corrected chi connectivity index (χ0v) is 10.3. The van der Waals surface area contributed by atoms with Crippen LogP contribution in [0.1, 0.15) is 26.4 Å². The molecule has 0 aliphatic rings. The van der Waals surface area contributed by atoms with Gasteiger partial charge in [-0.1, -0.05) is 0 Å². The summed E-state index contributed by atoms with van der Waals surface area (Å²) in [7, 11) is 0. The van der Waals surface area contributed by atoms with Crippen LogP contribution in [0.2, 0.25) is 0 Å². The number of ketones is 1. The Morgan fingerprint density at radius 3 is 2.78 bits per heavy atom. The Hall–Kier alpha value is -2.19. The summed E-state index contributed by atoms with van der Waals surface area (Å²) in [5, 5.41) is 10.3. The molecule has 18 heavy (non-hydrogen) atoms. The topological polar surface area (TPSA) is 66.9 Å². The molecule has 2 rings (SSSR count). The molecule has 1 aromatic heterocycles. The van der Waals surface area contributed by atoms with Gasteiger partial charge in [-0.3, -0.25) is 4.79 Å². The lowest BCUT2D eigenvalue weighted by atomic mass is 10.1. The molecule has 90 valence electrons. The third kappa shape index (κ3) is 1.98. The summed E-state index contributed by atoms with van der Waals surface area (Å²) in [6.45, 7) is 1.59. The van der Waals surface area contributed by atoms with Gasteiger partial charge in [-0.05, 0) is 30.7 Å². The van der Waals surface area contributed by atoms with Crippen LogP contribution in [0.4, 0.5) is 10.1 Å². The number of nitriles is 1. The molecule has 0 aliphatic carbocycles. The first-order valence-corrected chi connectivity index (χ1v) is 6.00. The highest BCUT2D eigenvalue weighted by molar-refractivity contribution is 7.13. The van der Waals surface area contributed by atoms with E-state index in [1.54, 1.807) is 12.3 Å². The molecule has 0 amide bonds. The minimum Gasteiger partial charge on any atom is -0.396 e. The minimum absolute atomic E-state index is 0.189. The third-order valence-corrected chi connectivity index (χ3v) is 3.57. The van der Waals surface area contributed by atoms with E-state index in [9.17, 15) is 9.18 Å². The summed E-state index contributed by atoms with van der Waals surface area (Å²) in [5.74, 6) is -0.648. The Bertz CT molecular complexity index is 670. The smallest absolute Gasteiger partial charge is 0.205 e. The average molecular weight is 260 g/mol. The van der Waals surface area contributed by atoms with Crippen molar-refractivity contribution in [3.8, 4) is 6.07 Å². The van der Waals surface area contributed by atoms with Gasteiger partial charge in [0.25, 0.3) is 0 Å². The van der Waals surface area contributed by atoms with Crippen LogP contribution in [-0.2, 0) is 0 Å². The maximum Gasteiger partial charge on any atom is 0.205 e. The van der Waals surface area contributed by atoms with Crippen molar-refractivity contribution >= 4 is 22.8 Å². The van der Waals surface area contributed by atoms with Crippen LogP contribution < -0.4 is 5.73 Å². The summed E-state index contributed by atoms with van der Waals surface area (Å²) in [6.07, 6.45) is 0. The molecule has 2 aromatic rings. The fraction of sp³-hybridized carbons (Fsp3) is 0.0769. The number of hydrogen-bond acceptors (Lipinski definition) is 4. The van der Waals surface area contributed by atoms with Crippen LogP contribution in [0.25, 0.3) is 0 Å². The third-order valence-electron chi connectivity index (χ3n) is 2.58. The lowest BCUT2D eigenvalue weighted by Crippen LogP contribution is -2.03. The van der Waals surface area contributed by atoms with E-state index in [1.165, 1.54) is 18.2 Å². The largest absolute Gasteiger partial charge is 0.396 e. The summed E-state index contributed by atoms with van der Waals surface area (Å²) in [5.41, 5.74) is 6.96. The van der Waals surface area contributed by atoms with Gasteiger partial charge in [0.15, 0.2) is 0 Å². The Kier molecular flexibility index (Phi) is 3.13. The zero-order valence-electron chi connectivity index (χ0n) is 9.53. The molecule has 2 N–H and O–H groups in total. The number of rotatable bonds is 2. The first kappa shape index (κ1) is 12.3. The number of anilines is 1. The number of carbonyl (C=O) groups excluding carboxylic acids is 1. The van der Waals surface area contributed by atoms with E-state index in [-0.39, 0.29) is 17.3 Å². The lowest BCUT2D eigenvalue weighted by molar-refractivity contribution is 0.104. The molecule has 1 heterocycles. The summed E-state index contributed by atoms with van der Waals surface area (Å²) >= 11 is 1.12. The number of halogens is 1. The Morgan fingerprint density at radius 2 is 2.22 bits per heavy atom. The van der Waals surface area contributed by atoms with Crippen molar-refractivity contribution in [2.45, 2.75) is 6.92 Å². The zero-order chi connectivity index (χ0) is 13.3. The SMILES string of the molecule is Cc1cc(C(=O)c2scc(C#N)c2N)ccc1F. The molecule has 0 unspecified atom stereocenters. The quantitative estimate of drug-likeness (QED) is 0.844. The van der Waals surface area contributed by atoms with Gasteiger partial charge in [-0.15, -0.1) is 11.3 Å². The number of hydrogen-bond donors (Lipinski definition) is 1. The predicted octanol–water partition coefficient (Wildman–Crippen LogP) is 2.88. The first-order valence-electron chi connectivity index (χ1n) is 5.12. The molecule has 1 aromatic carbocycles. The van der Waals surface area contributed by atoms with E-state index in [4.69, 9.17) is 11.0 Å². The van der Waals surface area contributed by atoms with E-state index >= 15 is 0 Å². The number of benzene rings is 1. The van der Waals surface area contributed by atoms with Gasteiger partial charge in [0, 0.05) is 10.9 Å². The molecule has 0 aliphatic heterocycles. The molecule has 0 saturated carbocycles. The van der Waals surface area contributed by atoms with Crippen molar-refractivity contribution < 1.29 is 9.18 Å². The maximum absolute atomic E-state index is 13.1. The van der Waals surface area contributed by atoms with Crippen LogP contribution >= 0.6 is 11.3 Å². The van der Waals surface area contributed by atoms with Crippen LogP contribution in [0.3, 0.4) is 0 Å². The highest BCUT2D eigenvalue weighted by Crippen LogP contribution is 2.27. The fourth-order valence-corrected chi connectivity index (χ4v) is 2.42. The fourth-order valence-electron chi connectivity index (χ4n) is 1.55. The molecule has 0 atom stereocenters. The van der Waals surface area contributed by atoms with Gasteiger partial charge in [0.2, 0.25) is 5.78 Å². The Balaban J connectivity index is 2.45. The average Bonchev–Trinajstić information content (AvgIpc) is 2.73. The Labute approximate surface area is 107 Å². The van der Waals surface area contributed by atoms with Crippen LogP contribution in [0, 0.1) is 24.1 Å². The lowest BCUT2D eigenvalue weighted by Gasteiger charge is -2.02. The molecular formula is C13H9FN2OS. The molecule has 0 saturated heterocycles. The van der Waals surface area contributed by atoms with E-state index < -0.39 is 0 Å². The normalized spacial score (nSPS) is 10.1. The van der Waals surface area contributed by atoms with Crippen molar-refractivity contribution in [1.82, 2.24) is 0 Å². The van der Waals surface area contributed by atoms with Gasteiger partial charge in [0.1, 0.15) is 11.9 Å². The van der Waals surface area contributed by atoms with E-state index in [1.807, 2.05) is 6.07 Å².